The number of nitrogens with zero attached hydrogens (tertiary/aromatic N) is 1. The number of hydrogen-bond donors (Lipinski definition) is 1. The number of carbonyl (C=O) groups is 1. The summed E-state index contributed by atoms with van der Waals surface area (Å²) in [6, 6.07) is 5.59. The van der Waals surface area contributed by atoms with Gasteiger partial charge in [-0.1, -0.05) is 19.9 Å². The van der Waals surface area contributed by atoms with Crippen LogP contribution in [0, 0.1) is 5.92 Å². The first-order valence-corrected chi connectivity index (χ1v) is 9.62. The van der Waals surface area contributed by atoms with E-state index in [0.29, 0.717) is 30.6 Å². The van der Waals surface area contributed by atoms with Gasteiger partial charge in [0.25, 0.3) is 0 Å². The lowest BCUT2D eigenvalue weighted by Crippen LogP contribution is -2.48. The molecule has 6 nitrogen and oxygen atoms in total. The van der Waals surface area contributed by atoms with Crippen molar-refractivity contribution in [3.05, 3.63) is 29.8 Å². The van der Waals surface area contributed by atoms with Crippen molar-refractivity contribution in [3.63, 3.8) is 0 Å². The highest BCUT2D eigenvalue weighted by molar-refractivity contribution is 5.91. The van der Waals surface area contributed by atoms with Gasteiger partial charge in [0.2, 0.25) is 5.91 Å². The third-order valence-corrected chi connectivity index (χ3v) is 4.26. The second-order valence-corrected chi connectivity index (χ2v) is 7.07. The van der Waals surface area contributed by atoms with Crippen LogP contribution < -0.4 is 14.8 Å². The van der Waals surface area contributed by atoms with E-state index in [1.165, 1.54) is 6.08 Å². The first-order valence-electron chi connectivity index (χ1n) is 9.62. The molecule has 1 unspecified atom stereocenters. The lowest BCUT2D eigenvalue weighted by atomic mass is 10.1. The molecule has 1 heterocycles. The second kappa shape index (κ2) is 10.9. The molecule has 0 bridgehead atoms. The number of rotatable bonds is 9. The van der Waals surface area contributed by atoms with Crippen molar-refractivity contribution in [1.82, 2.24) is 10.2 Å². The lowest BCUT2D eigenvalue weighted by Gasteiger charge is -2.33. The van der Waals surface area contributed by atoms with E-state index in [4.69, 9.17) is 14.2 Å². The molecule has 2 rings (SSSR count). The quantitative estimate of drug-likeness (QED) is 0.671. The Labute approximate surface area is 162 Å². The molecule has 0 radical (unpaired) electrons. The molecule has 1 aromatic carbocycles. The highest BCUT2D eigenvalue weighted by atomic mass is 16.5. The van der Waals surface area contributed by atoms with Crippen LogP contribution in [0.5, 0.6) is 11.5 Å². The Morgan fingerprint density at radius 1 is 1.41 bits per heavy atom. The van der Waals surface area contributed by atoms with E-state index in [0.717, 1.165) is 31.8 Å². The molecule has 1 amide bonds. The van der Waals surface area contributed by atoms with Crippen molar-refractivity contribution < 1.29 is 19.0 Å². The Morgan fingerprint density at radius 3 is 2.93 bits per heavy atom. The van der Waals surface area contributed by atoms with Crippen molar-refractivity contribution in [2.24, 2.45) is 5.92 Å². The fraction of sp³-hybridized carbons (Fsp3) is 0.571. The molecule has 6 heteroatoms. The number of methoxy groups -OCH3 is 1. The molecule has 0 spiro atoms. The van der Waals surface area contributed by atoms with Gasteiger partial charge in [0, 0.05) is 32.3 Å². The summed E-state index contributed by atoms with van der Waals surface area (Å²) in [5.41, 5.74) is 0.877. The zero-order valence-electron chi connectivity index (χ0n) is 16.9. The SMILES string of the molecule is CCOc1ccc(/C=C/C(=O)NCC2CN(CC(C)C)CCO2)cc1OC. The highest BCUT2D eigenvalue weighted by Crippen LogP contribution is 2.28. The van der Waals surface area contributed by atoms with Gasteiger partial charge in [-0.05, 0) is 36.6 Å². The summed E-state index contributed by atoms with van der Waals surface area (Å²) in [5.74, 6) is 1.85. The minimum Gasteiger partial charge on any atom is -0.493 e. The Bertz CT molecular complexity index is 631. The van der Waals surface area contributed by atoms with Crippen LogP contribution in [0.15, 0.2) is 24.3 Å². The normalized spacial score (nSPS) is 18.0. The van der Waals surface area contributed by atoms with Crippen LogP contribution in [0.1, 0.15) is 26.3 Å². The van der Waals surface area contributed by atoms with Gasteiger partial charge in [-0.25, -0.2) is 0 Å². The van der Waals surface area contributed by atoms with Gasteiger partial charge >= 0.3 is 0 Å². The largest absolute Gasteiger partial charge is 0.493 e. The average molecular weight is 376 g/mol. The topological polar surface area (TPSA) is 60.0 Å². The molecule has 1 fully saturated rings. The summed E-state index contributed by atoms with van der Waals surface area (Å²) in [7, 11) is 1.60. The molecule has 1 atom stereocenters. The van der Waals surface area contributed by atoms with Crippen molar-refractivity contribution in [2.45, 2.75) is 26.9 Å². The summed E-state index contributed by atoms with van der Waals surface area (Å²) < 4.78 is 16.6. The van der Waals surface area contributed by atoms with Crippen LogP contribution in [0.25, 0.3) is 6.08 Å². The lowest BCUT2D eigenvalue weighted by molar-refractivity contribution is -0.117. The van der Waals surface area contributed by atoms with Crippen LogP contribution in [0.2, 0.25) is 0 Å². The number of carbonyl (C=O) groups excluding carboxylic acids is 1. The molecule has 0 aliphatic carbocycles. The molecule has 1 aliphatic rings. The van der Waals surface area contributed by atoms with Crippen molar-refractivity contribution in [3.8, 4) is 11.5 Å². The summed E-state index contributed by atoms with van der Waals surface area (Å²) in [5, 5.41) is 2.92. The van der Waals surface area contributed by atoms with E-state index >= 15 is 0 Å². The maximum absolute atomic E-state index is 12.1. The molecule has 1 saturated heterocycles. The zero-order valence-corrected chi connectivity index (χ0v) is 16.9. The Hall–Kier alpha value is -2.05. The number of hydrogen-bond acceptors (Lipinski definition) is 5. The number of ether oxygens (including phenoxy) is 3. The molecule has 27 heavy (non-hydrogen) atoms. The van der Waals surface area contributed by atoms with Crippen molar-refractivity contribution in [1.29, 1.82) is 0 Å². The standard InChI is InChI=1S/C21H32N2O4/c1-5-26-19-8-6-17(12-20(19)25-4)7-9-21(24)22-13-18-15-23(10-11-27-18)14-16(2)3/h6-9,12,16,18H,5,10-11,13-15H2,1-4H3,(H,22,24)/b9-7+. The predicted molar refractivity (Wildman–Crippen MR) is 107 cm³/mol. The van der Waals surface area contributed by atoms with E-state index in [2.05, 4.69) is 24.1 Å². The van der Waals surface area contributed by atoms with E-state index < -0.39 is 0 Å². The van der Waals surface area contributed by atoms with Crippen LogP contribution >= 0.6 is 0 Å². The molecular weight excluding hydrogens is 344 g/mol. The molecule has 0 aromatic heterocycles. The molecule has 150 valence electrons. The third kappa shape index (κ3) is 7.23. The fourth-order valence-corrected chi connectivity index (χ4v) is 3.09. The minimum atomic E-state index is -0.132. The van der Waals surface area contributed by atoms with Gasteiger partial charge in [-0.2, -0.15) is 0 Å². The van der Waals surface area contributed by atoms with E-state index in [-0.39, 0.29) is 12.0 Å². The Balaban J connectivity index is 1.83. The Morgan fingerprint density at radius 2 is 2.22 bits per heavy atom. The van der Waals surface area contributed by atoms with Gasteiger partial charge in [-0.3, -0.25) is 9.69 Å². The molecule has 0 saturated carbocycles. The first-order chi connectivity index (χ1) is 13.0. The fourth-order valence-electron chi connectivity index (χ4n) is 3.09. The van der Waals surface area contributed by atoms with Crippen LogP contribution in [0.4, 0.5) is 0 Å². The van der Waals surface area contributed by atoms with E-state index in [1.54, 1.807) is 13.2 Å². The van der Waals surface area contributed by atoms with Gasteiger partial charge in [-0.15, -0.1) is 0 Å². The average Bonchev–Trinajstić information content (AvgIpc) is 2.65. The maximum Gasteiger partial charge on any atom is 0.244 e. The van der Waals surface area contributed by atoms with Crippen LogP contribution in [-0.4, -0.2) is 63.4 Å². The smallest absolute Gasteiger partial charge is 0.244 e. The maximum atomic E-state index is 12.1. The van der Waals surface area contributed by atoms with Crippen molar-refractivity contribution >= 4 is 12.0 Å². The van der Waals surface area contributed by atoms with E-state index in [1.807, 2.05) is 25.1 Å². The third-order valence-electron chi connectivity index (χ3n) is 4.26. The summed E-state index contributed by atoms with van der Waals surface area (Å²) in [6.07, 6.45) is 3.34. The number of nitrogens with one attached hydrogen (secondary N) is 1. The molecule has 1 N–H and O–H groups in total. The summed E-state index contributed by atoms with van der Waals surface area (Å²) in [4.78, 5) is 14.5. The number of benzene rings is 1. The number of morpholine rings is 1. The van der Waals surface area contributed by atoms with Gasteiger partial charge in [0.15, 0.2) is 11.5 Å². The first kappa shape index (κ1) is 21.3. The summed E-state index contributed by atoms with van der Waals surface area (Å²) >= 11 is 0. The van der Waals surface area contributed by atoms with Gasteiger partial charge in [0.05, 0.1) is 26.4 Å². The van der Waals surface area contributed by atoms with Crippen LogP contribution in [-0.2, 0) is 9.53 Å². The molecular formula is C21H32N2O4. The summed E-state index contributed by atoms with van der Waals surface area (Å²) in [6.45, 7) is 11.1. The zero-order chi connectivity index (χ0) is 19.6. The monoisotopic (exact) mass is 376 g/mol. The second-order valence-electron chi connectivity index (χ2n) is 7.07. The van der Waals surface area contributed by atoms with Gasteiger partial charge < -0.3 is 19.5 Å². The molecule has 1 aromatic rings. The Kier molecular flexibility index (Phi) is 8.61. The van der Waals surface area contributed by atoms with Crippen LogP contribution in [0.3, 0.4) is 0 Å². The minimum absolute atomic E-state index is 0.0421. The molecule has 1 aliphatic heterocycles. The van der Waals surface area contributed by atoms with E-state index in [9.17, 15) is 4.79 Å². The van der Waals surface area contributed by atoms with Gasteiger partial charge in [0.1, 0.15) is 0 Å². The number of amides is 1. The highest BCUT2D eigenvalue weighted by Gasteiger charge is 2.21. The van der Waals surface area contributed by atoms with Crippen molar-refractivity contribution in [2.75, 3.05) is 46.5 Å². The predicted octanol–water partition coefficient (Wildman–Crippen LogP) is 2.58.